The maximum absolute atomic E-state index is 13.3. The van der Waals surface area contributed by atoms with Gasteiger partial charge in [0, 0.05) is 24.2 Å². The summed E-state index contributed by atoms with van der Waals surface area (Å²) in [6.07, 6.45) is 5.15. The van der Waals surface area contributed by atoms with Crippen LogP contribution in [0.25, 0.3) is 0 Å². The van der Waals surface area contributed by atoms with Crippen LogP contribution >= 0.6 is 0 Å². The number of esters is 1. The summed E-state index contributed by atoms with van der Waals surface area (Å²) in [6, 6.07) is 0. The molecule has 0 heterocycles. The molecule has 0 aliphatic heterocycles. The van der Waals surface area contributed by atoms with Gasteiger partial charge in [0.05, 0.1) is 6.10 Å². The molecular weight excluding hydrogens is 420 g/mol. The molecular formula is C27H40O6. The first-order valence-corrected chi connectivity index (χ1v) is 12.7. The summed E-state index contributed by atoms with van der Waals surface area (Å²) in [7, 11) is 0. The third-order valence-electron chi connectivity index (χ3n) is 10.0. The van der Waals surface area contributed by atoms with Crippen molar-refractivity contribution >= 4 is 17.5 Å². The van der Waals surface area contributed by atoms with E-state index in [4.69, 9.17) is 4.74 Å². The summed E-state index contributed by atoms with van der Waals surface area (Å²) in [5.41, 5.74) is -1.25. The molecule has 0 aromatic carbocycles. The van der Waals surface area contributed by atoms with E-state index in [2.05, 4.69) is 13.8 Å². The molecule has 4 aliphatic carbocycles. The molecule has 0 unspecified atom stereocenters. The number of hydrogen-bond donors (Lipinski definition) is 2. The zero-order chi connectivity index (χ0) is 24.3. The van der Waals surface area contributed by atoms with Crippen LogP contribution in [0, 0.1) is 40.4 Å². The van der Waals surface area contributed by atoms with Crippen molar-refractivity contribution in [1.29, 1.82) is 0 Å². The van der Waals surface area contributed by atoms with Gasteiger partial charge >= 0.3 is 5.97 Å². The maximum atomic E-state index is 13.3. The molecule has 184 valence electrons. The summed E-state index contributed by atoms with van der Waals surface area (Å²) in [4.78, 5) is 38.3. The Hall–Kier alpha value is -1.53. The van der Waals surface area contributed by atoms with Gasteiger partial charge in [-0.15, -0.1) is 0 Å². The van der Waals surface area contributed by atoms with Gasteiger partial charge in [0.1, 0.15) is 6.61 Å². The first-order valence-electron chi connectivity index (χ1n) is 12.7. The molecule has 0 radical (unpaired) electrons. The van der Waals surface area contributed by atoms with Crippen LogP contribution in [0.3, 0.4) is 0 Å². The first kappa shape index (κ1) is 24.6. The molecule has 4 aliphatic rings. The van der Waals surface area contributed by atoms with E-state index >= 15 is 0 Å². The first-order chi connectivity index (χ1) is 15.5. The number of hydrogen-bond acceptors (Lipinski definition) is 6. The van der Waals surface area contributed by atoms with Crippen LogP contribution in [0.4, 0.5) is 0 Å². The summed E-state index contributed by atoms with van der Waals surface area (Å²) < 4.78 is 6.06. The van der Waals surface area contributed by atoms with Gasteiger partial charge in [0.25, 0.3) is 0 Å². The minimum Gasteiger partial charge on any atom is -0.450 e. The third-order valence-corrected chi connectivity index (χ3v) is 10.0. The van der Waals surface area contributed by atoms with Crippen molar-refractivity contribution in [3.8, 4) is 0 Å². The Bertz CT molecular complexity index is 878. The Kier molecular flexibility index (Phi) is 6.18. The average Bonchev–Trinajstić information content (AvgIpc) is 2.96. The summed E-state index contributed by atoms with van der Waals surface area (Å²) in [5, 5.41) is 21.6. The molecule has 0 saturated heterocycles. The van der Waals surface area contributed by atoms with E-state index in [0.29, 0.717) is 19.3 Å². The lowest BCUT2D eigenvalue weighted by Crippen LogP contribution is -2.64. The highest BCUT2D eigenvalue weighted by molar-refractivity contribution is 5.93. The van der Waals surface area contributed by atoms with Gasteiger partial charge in [-0.1, -0.05) is 40.2 Å². The van der Waals surface area contributed by atoms with Crippen molar-refractivity contribution in [2.24, 2.45) is 40.4 Å². The molecule has 4 rings (SSSR count). The minimum absolute atomic E-state index is 0.00435. The number of carbonyl (C=O) groups is 3. The van der Waals surface area contributed by atoms with Crippen LogP contribution in [0.2, 0.25) is 0 Å². The van der Waals surface area contributed by atoms with Crippen molar-refractivity contribution in [3.05, 3.63) is 11.6 Å². The molecule has 6 heteroatoms. The van der Waals surface area contributed by atoms with E-state index in [0.717, 1.165) is 19.3 Å². The summed E-state index contributed by atoms with van der Waals surface area (Å²) >= 11 is 0. The van der Waals surface area contributed by atoms with Crippen LogP contribution in [0.15, 0.2) is 11.6 Å². The molecule has 6 nitrogen and oxygen atoms in total. The molecule has 3 saturated carbocycles. The van der Waals surface area contributed by atoms with E-state index in [-0.39, 0.29) is 47.2 Å². The standard InChI is InChI=1S/C27H40O6/c1-6-7-23(32)33-27(22(31)14-28)16(3)11-20-18-10-15(2)19-12-17(29)8-9-25(19,4)24(18)21(30)13-26(20,27)5/h12,15-16,18,20-21,24,28,30H,6-11,13-14H2,1-5H3/t15-,16-,18-,20-,21-,24+,25-,26-,27-/m0/s1. The van der Waals surface area contributed by atoms with Crippen LogP contribution in [0.5, 0.6) is 0 Å². The van der Waals surface area contributed by atoms with Crippen molar-refractivity contribution in [2.75, 3.05) is 6.61 Å². The topological polar surface area (TPSA) is 101 Å². The number of allylic oxidation sites excluding steroid dienone is 1. The Labute approximate surface area is 197 Å². The van der Waals surface area contributed by atoms with E-state index in [9.17, 15) is 24.6 Å². The number of carbonyl (C=O) groups excluding carboxylic acids is 3. The average molecular weight is 461 g/mol. The molecule has 0 amide bonds. The van der Waals surface area contributed by atoms with E-state index in [1.807, 2.05) is 26.8 Å². The minimum atomic E-state index is -1.42. The van der Waals surface area contributed by atoms with E-state index in [1.54, 1.807) is 0 Å². The number of aliphatic hydroxyl groups is 2. The van der Waals surface area contributed by atoms with Crippen molar-refractivity contribution < 1.29 is 29.3 Å². The molecule has 0 spiro atoms. The fourth-order valence-corrected chi connectivity index (χ4v) is 8.86. The van der Waals surface area contributed by atoms with Gasteiger partial charge in [-0.2, -0.15) is 0 Å². The highest BCUT2D eigenvalue weighted by Crippen LogP contribution is 2.70. The van der Waals surface area contributed by atoms with Crippen LogP contribution in [0.1, 0.15) is 79.6 Å². The molecule has 0 aromatic heterocycles. The zero-order valence-electron chi connectivity index (χ0n) is 20.7. The molecule has 0 aromatic rings. The Morgan fingerprint density at radius 2 is 1.91 bits per heavy atom. The third kappa shape index (κ3) is 3.30. The van der Waals surface area contributed by atoms with Crippen LogP contribution < -0.4 is 0 Å². The number of aliphatic hydroxyl groups excluding tert-OH is 2. The molecule has 2 N–H and O–H groups in total. The van der Waals surface area contributed by atoms with Crippen LogP contribution in [-0.2, 0) is 19.1 Å². The molecule has 9 atom stereocenters. The SMILES string of the molecule is CCCC(=O)O[C@]1(C(=O)CO)[C@@H](C)C[C@H]2[C@@H]3C[C@H](C)C4=CC(=O)CC[C@]4(C)[C@H]3[C@@H](O)C[C@@]21C. The summed E-state index contributed by atoms with van der Waals surface area (Å²) in [5.74, 6) is -0.464. The monoisotopic (exact) mass is 460 g/mol. The Morgan fingerprint density at radius 1 is 1.21 bits per heavy atom. The number of fused-ring (bicyclic) bond motifs is 5. The van der Waals surface area contributed by atoms with Gasteiger partial charge in [-0.3, -0.25) is 14.4 Å². The number of ether oxygens (including phenoxy) is 1. The number of ketones is 2. The summed E-state index contributed by atoms with van der Waals surface area (Å²) in [6.45, 7) is 9.54. The van der Waals surface area contributed by atoms with E-state index in [1.165, 1.54) is 5.57 Å². The lowest BCUT2D eigenvalue weighted by molar-refractivity contribution is -0.208. The van der Waals surface area contributed by atoms with Gasteiger partial charge in [-0.05, 0) is 67.3 Å². The zero-order valence-corrected chi connectivity index (χ0v) is 20.7. The fourth-order valence-electron chi connectivity index (χ4n) is 8.86. The predicted octanol–water partition coefficient (Wildman–Crippen LogP) is 3.62. The quantitative estimate of drug-likeness (QED) is 0.608. The Morgan fingerprint density at radius 3 is 2.55 bits per heavy atom. The van der Waals surface area contributed by atoms with Gasteiger partial charge in [0.2, 0.25) is 5.78 Å². The van der Waals surface area contributed by atoms with Crippen molar-refractivity contribution in [1.82, 2.24) is 0 Å². The molecule has 33 heavy (non-hydrogen) atoms. The fraction of sp³-hybridized carbons (Fsp3) is 0.815. The van der Waals surface area contributed by atoms with Crippen molar-refractivity contribution in [3.63, 3.8) is 0 Å². The maximum Gasteiger partial charge on any atom is 0.306 e. The smallest absolute Gasteiger partial charge is 0.306 e. The van der Waals surface area contributed by atoms with Gasteiger partial charge in [-0.25, -0.2) is 0 Å². The van der Waals surface area contributed by atoms with Gasteiger partial charge < -0.3 is 14.9 Å². The highest BCUT2D eigenvalue weighted by atomic mass is 16.6. The van der Waals surface area contributed by atoms with E-state index < -0.39 is 35.5 Å². The lowest BCUT2D eigenvalue weighted by Gasteiger charge is -2.62. The van der Waals surface area contributed by atoms with Crippen molar-refractivity contribution in [2.45, 2.75) is 91.3 Å². The van der Waals surface area contributed by atoms with Crippen LogP contribution in [-0.4, -0.2) is 46.1 Å². The largest absolute Gasteiger partial charge is 0.450 e. The predicted molar refractivity (Wildman–Crippen MR) is 123 cm³/mol. The number of Topliss-reactive ketones (excluding diaryl/α,β-unsaturated/α-hetero) is 1. The Balaban J connectivity index is 1.80. The highest BCUT2D eigenvalue weighted by Gasteiger charge is 2.73. The number of rotatable bonds is 5. The second kappa shape index (κ2) is 8.30. The second-order valence-electron chi connectivity index (χ2n) is 11.8. The van der Waals surface area contributed by atoms with Gasteiger partial charge in [0.15, 0.2) is 11.4 Å². The lowest BCUT2D eigenvalue weighted by atomic mass is 9.44. The second-order valence-corrected chi connectivity index (χ2v) is 11.8. The normalized spacial score (nSPS) is 46.6. The molecule has 3 fully saturated rings. The molecule has 0 bridgehead atoms.